The van der Waals surface area contributed by atoms with Crippen LogP contribution in [-0.4, -0.2) is 43.4 Å². The fourth-order valence-corrected chi connectivity index (χ4v) is 3.73. The van der Waals surface area contributed by atoms with Crippen LogP contribution in [0.15, 0.2) is 41.0 Å². The minimum Gasteiger partial charge on any atom is -0.435 e. The average Bonchev–Trinajstić information content (AvgIpc) is 2.77. The van der Waals surface area contributed by atoms with Crippen LogP contribution in [0.5, 0.6) is 0 Å². The van der Waals surface area contributed by atoms with Gasteiger partial charge in [-0.1, -0.05) is 50.1 Å². The van der Waals surface area contributed by atoms with Crippen LogP contribution in [0.1, 0.15) is 58.9 Å². The minimum absolute atomic E-state index is 0.125. The summed E-state index contributed by atoms with van der Waals surface area (Å²) in [5.74, 6) is -0.367. The number of rotatable bonds is 8. The smallest absolute Gasteiger partial charge is 0.337 e. The molecule has 1 fully saturated rings. The van der Waals surface area contributed by atoms with Crippen molar-refractivity contribution in [3.8, 4) is 0 Å². The Morgan fingerprint density at radius 1 is 1.30 bits per heavy atom. The Morgan fingerprint density at radius 3 is 2.63 bits per heavy atom. The average molecular weight is 437 g/mol. The second-order valence-electron chi connectivity index (χ2n) is 6.77. The predicted molar refractivity (Wildman–Crippen MR) is 121 cm³/mol. The molecule has 0 N–H and O–H groups in total. The second kappa shape index (κ2) is 13.3. The van der Waals surface area contributed by atoms with E-state index >= 15 is 0 Å². The first-order chi connectivity index (χ1) is 14.4. The van der Waals surface area contributed by atoms with Gasteiger partial charge in [0.25, 0.3) is 0 Å². The van der Waals surface area contributed by atoms with E-state index in [1.54, 1.807) is 26.1 Å². The molecule has 0 saturated heterocycles. The van der Waals surface area contributed by atoms with Gasteiger partial charge in [0, 0.05) is 23.9 Å². The van der Waals surface area contributed by atoms with E-state index in [2.05, 4.69) is 4.99 Å². The molecule has 0 radical (unpaired) electrons. The summed E-state index contributed by atoms with van der Waals surface area (Å²) in [6.07, 6.45) is 6.00. The van der Waals surface area contributed by atoms with Crippen LogP contribution < -0.4 is 0 Å². The van der Waals surface area contributed by atoms with Gasteiger partial charge in [0.1, 0.15) is 12.3 Å². The van der Waals surface area contributed by atoms with Crippen molar-refractivity contribution in [2.75, 3.05) is 20.6 Å². The highest BCUT2D eigenvalue weighted by molar-refractivity contribution is 6.31. The topological polar surface area (TPSA) is 68.2 Å². The monoisotopic (exact) mass is 436 g/mol. The summed E-state index contributed by atoms with van der Waals surface area (Å²) in [5.41, 5.74) is 0.345. The number of Topliss-reactive ketones (excluding diaryl/α,β-unsaturated/α-hetero) is 1. The Kier molecular flexibility index (Phi) is 11.5. The second-order valence-corrected chi connectivity index (χ2v) is 7.18. The molecular formula is C23H33ClN2O4. The van der Waals surface area contributed by atoms with E-state index in [1.165, 1.54) is 6.20 Å². The van der Waals surface area contributed by atoms with Crippen molar-refractivity contribution in [1.82, 2.24) is 4.90 Å². The molecule has 1 aromatic rings. The van der Waals surface area contributed by atoms with Gasteiger partial charge in [0.15, 0.2) is 12.6 Å². The van der Waals surface area contributed by atoms with E-state index in [0.29, 0.717) is 23.4 Å². The van der Waals surface area contributed by atoms with Gasteiger partial charge in [-0.15, -0.1) is 0 Å². The lowest BCUT2D eigenvalue weighted by Gasteiger charge is -2.43. The molecule has 1 unspecified atom stereocenters. The molecule has 0 aromatic heterocycles. The van der Waals surface area contributed by atoms with Crippen molar-refractivity contribution in [3.63, 3.8) is 0 Å². The Labute approximate surface area is 184 Å². The highest BCUT2D eigenvalue weighted by atomic mass is 35.5. The normalized spacial score (nSPS) is 19.6. The number of likely N-dealkylation sites (N-methyl/N-ethyl adjacent to an activating group) is 1. The van der Waals surface area contributed by atoms with Gasteiger partial charge in [-0.2, -0.15) is 0 Å². The highest BCUT2D eigenvalue weighted by Gasteiger charge is 2.46. The molecule has 1 atom stereocenters. The lowest BCUT2D eigenvalue weighted by Crippen LogP contribution is -2.52. The van der Waals surface area contributed by atoms with Gasteiger partial charge in [0.05, 0.1) is 5.57 Å². The van der Waals surface area contributed by atoms with Crippen molar-refractivity contribution >= 4 is 29.6 Å². The summed E-state index contributed by atoms with van der Waals surface area (Å²) in [6.45, 7) is 7.29. The number of esters is 1. The van der Waals surface area contributed by atoms with Crippen molar-refractivity contribution in [2.45, 2.75) is 58.9 Å². The summed E-state index contributed by atoms with van der Waals surface area (Å²) in [5, 5.41) is 0.563. The Bertz CT molecular complexity index is 763. The number of halogens is 1. The fourth-order valence-electron chi connectivity index (χ4n) is 3.44. The Balaban J connectivity index is 0.00000218. The van der Waals surface area contributed by atoms with E-state index in [-0.39, 0.29) is 19.3 Å². The van der Waals surface area contributed by atoms with Gasteiger partial charge >= 0.3 is 5.97 Å². The maximum atomic E-state index is 13.0. The van der Waals surface area contributed by atoms with E-state index < -0.39 is 11.5 Å². The quantitative estimate of drug-likeness (QED) is 0.186. The zero-order chi connectivity index (χ0) is 22.6. The number of ketones is 1. The largest absolute Gasteiger partial charge is 0.435 e. The van der Waals surface area contributed by atoms with Crippen LogP contribution in [-0.2, 0) is 24.6 Å². The van der Waals surface area contributed by atoms with Gasteiger partial charge < -0.3 is 9.47 Å². The Morgan fingerprint density at radius 2 is 2.00 bits per heavy atom. The lowest BCUT2D eigenvalue weighted by atomic mass is 9.74. The van der Waals surface area contributed by atoms with Crippen LogP contribution in [0.25, 0.3) is 0 Å². The van der Waals surface area contributed by atoms with E-state index in [9.17, 15) is 9.59 Å². The molecule has 1 aromatic carbocycles. The summed E-state index contributed by atoms with van der Waals surface area (Å²) in [4.78, 5) is 30.6. The van der Waals surface area contributed by atoms with E-state index in [0.717, 1.165) is 18.4 Å². The molecule has 0 heterocycles. The van der Waals surface area contributed by atoms with Gasteiger partial charge in [-0.05, 0) is 45.4 Å². The first-order valence-corrected chi connectivity index (χ1v) is 10.7. The zero-order valence-electron chi connectivity index (χ0n) is 18.6. The molecule has 0 spiro atoms. The van der Waals surface area contributed by atoms with Crippen LogP contribution in [0, 0.1) is 0 Å². The molecule has 7 heteroatoms. The summed E-state index contributed by atoms with van der Waals surface area (Å²) >= 11 is 6.43. The number of carbonyl (C=O) groups is 2. The molecular weight excluding hydrogens is 404 g/mol. The summed E-state index contributed by atoms with van der Waals surface area (Å²) < 4.78 is 10.6. The molecule has 0 aliphatic heterocycles. The molecule has 0 amide bonds. The van der Waals surface area contributed by atoms with Crippen molar-refractivity contribution in [3.05, 3.63) is 46.6 Å². The van der Waals surface area contributed by atoms with Crippen LogP contribution >= 0.6 is 11.6 Å². The Hall–Kier alpha value is -2.02. The number of ether oxygens (including phenoxy) is 2. The molecule has 30 heavy (non-hydrogen) atoms. The minimum atomic E-state index is -0.827. The van der Waals surface area contributed by atoms with Gasteiger partial charge in [-0.25, -0.2) is 4.79 Å². The van der Waals surface area contributed by atoms with Crippen molar-refractivity contribution in [1.29, 1.82) is 0 Å². The van der Waals surface area contributed by atoms with Gasteiger partial charge in [0.2, 0.25) is 0 Å². The number of nitrogens with zero attached hydrogens (tertiary/aromatic N) is 2. The van der Waals surface area contributed by atoms with Crippen LogP contribution in [0.2, 0.25) is 5.02 Å². The predicted octanol–water partition coefficient (Wildman–Crippen LogP) is 5.11. The first kappa shape index (κ1) is 26.0. The molecule has 166 valence electrons. The third-order valence-corrected chi connectivity index (χ3v) is 5.25. The van der Waals surface area contributed by atoms with Crippen molar-refractivity contribution < 1.29 is 19.1 Å². The maximum absolute atomic E-state index is 13.0. The summed E-state index contributed by atoms with van der Waals surface area (Å²) in [6, 6.07) is 7.42. The van der Waals surface area contributed by atoms with Crippen LogP contribution in [0.3, 0.4) is 0 Å². The molecule has 1 aliphatic rings. The van der Waals surface area contributed by atoms with Crippen LogP contribution in [0.4, 0.5) is 0 Å². The van der Waals surface area contributed by atoms with E-state index in [1.807, 2.05) is 44.0 Å². The third kappa shape index (κ3) is 6.49. The molecule has 1 aliphatic carbocycles. The number of hydrogen-bond acceptors (Lipinski definition) is 6. The third-order valence-electron chi connectivity index (χ3n) is 4.92. The van der Waals surface area contributed by atoms with Crippen molar-refractivity contribution in [2.24, 2.45) is 4.99 Å². The standard InChI is InChI=1S/C21H27ClN2O4.C2H6/c1-4-23-13-16(2)20(26)28-15-27-14-24(3)21(12-8-7-11-19(21)25)17-9-5-6-10-18(17)22;1-2/h4-6,9-10,13H,7-8,11-12,14-15H2,1-3H3;1-2H3/b16-13-,23-4?;. The first-order valence-electron chi connectivity index (χ1n) is 10.3. The summed E-state index contributed by atoms with van der Waals surface area (Å²) in [7, 11) is 1.83. The molecule has 6 nitrogen and oxygen atoms in total. The number of hydrogen-bond donors (Lipinski definition) is 0. The molecule has 1 saturated carbocycles. The van der Waals surface area contributed by atoms with Gasteiger partial charge in [-0.3, -0.25) is 14.7 Å². The lowest BCUT2D eigenvalue weighted by molar-refractivity contribution is -0.162. The molecule has 0 bridgehead atoms. The number of benzene rings is 1. The van der Waals surface area contributed by atoms with E-state index in [4.69, 9.17) is 21.1 Å². The number of aliphatic imine (C=N–C) groups is 1. The molecule has 2 rings (SSSR count). The zero-order valence-corrected chi connectivity index (χ0v) is 19.4. The SMILES string of the molecule is CC.CC=N/C=C(/C)C(=O)OCOCN(C)C1(c2ccccc2Cl)CCCCC1=O. The maximum Gasteiger partial charge on any atom is 0.337 e. The number of carbonyl (C=O) groups excluding carboxylic acids is 2. The highest BCUT2D eigenvalue weighted by Crippen LogP contribution is 2.42. The fraction of sp³-hybridized carbons (Fsp3) is 0.522.